The van der Waals surface area contributed by atoms with Crippen LogP contribution in [-0.4, -0.2) is 34.3 Å². The highest BCUT2D eigenvalue weighted by molar-refractivity contribution is 8.16. The number of nitrogens with zero attached hydrogens (tertiary/aromatic N) is 2. The average Bonchev–Trinajstić information content (AvgIpc) is 2.37. The number of carbonyl (C=O) groups excluding carboxylic acids is 1. The van der Waals surface area contributed by atoms with Crippen molar-refractivity contribution >= 4 is 22.8 Å². The molecule has 0 aromatic carbocycles. The van der Waals surface area contributed by atoms with Gasteiger partial charge in [-0.1, -0.05) is 25.1 Å². The zero-order valence-corrected chi connectivity index (χ0v) is 10.1. The Kier molecular flexibility index (Phi) is 3.59. The van der Waals surface area contributed by atoms with Crippen LogP contribution in [0, 0.1) is 0 Å². The third-order valence-electron chi connectivity index (χ3n) is 2.23. The minimum absolute atomic E-state index is 0.0131. The summed E-state index contributed by atoms with van der Waals surface area (Å²) in [5.41, 5.74) is 0. The fraction of sp³-hybridized carbons (Fsp3) is 0.800. The maximum absolute atomic E-state index is 11.4. The summed E-state index contributed by atoms with van der Waals surface area (Å²) >= 11 is 1.56. The Hall–Kier alpha value is -0.510. The van der Waals surface area contributed by atoms with E-state index in [-0.39, 0.29) is 10.7 Å². The number of thioether (sulfide) groups is 1. The van der Waals surface area contributed by atoms with Gasteiger partial charge in [-0.2, -0.15) is 4.99 Å². The molecule has 1 aliphatic rings. The summed E-state index contributed by atoms with van der Waals surface area (Å²) in [7, 11) is 2.00. The lowest BCUT2D eigenvalue weighted by Crippen LogP contribution is -2.26. The molecular weight excluding hydrogens is 196 g/mol. The van der Waals surface area contributed by atoms with Crippen molar-refractivity contribution in [3.05, 3.63) is 0 Å². The molecule has 0 aromatic rings. The Morgan fingerprint density at radius 2 is 2.14 bits per heavy atom. The second kappa shape index (κ2) is 4.34. The molecule has 4 heteroatoms. The molecule has 80 valence electrons. The van der Waals surface area contributed by atoms with Crippen LogP contribution in [0.2, 0.25) is 0 Å². The van der Waals surface area contributed by atoms with E-state index < -0.39 is 0 Å². The van der Waals surface area contributed by atoms with Crippen LogP contribution in [0.15, 0.2) is 4.99 Å². The van der Waals surface area contributed by atoms with Crippen LogP contribution in [0.4, 0.5) is 0 Å². The van der Waals surface area contributed by atoms with Crippen molar-refractivity contribution in [3.8, 4) is 0 Å². The molecule has 0 aliphatic carbocycles. The molecule has 0 saturated heterocycles. The first-order chi connectivity index (χ1) is 6.47. The molecule has 1 rings (SSSR count). The van der Waals surface area contributed by atoms with Gasteiger partial charge >= 0.3 is 0 Å². The summed E-state index contributed by atoms with van der Waals surface area (Å²) in [5.74, 6) is -0.0131. The first-order valence-electron chi connectivity index (χ1n) is 5.00. The predicted octanol–water partition coefficient (Wildman–Crippen LogP) is 2.13. The average molecular weight is 214 g/mol. The first kappa shape index (κ1) is 11.6. The summed E-state index contributed by atoms with van der Waals surface area (Å²) in [6.45, 7) is 6.98. The molecule has 14 heavy (non-hydrogen) atoms. The molecule has 0 radical (unpaired) electrons. The summed E-state index contributed by atoms with van der Waals surface area (Å²) in [4.78, 5) is 17.6. The van der Waals surface area contributed by atoms with E-state index in [1.54, 1.807) is 11.8 Å². The number of aliphatic imine (C=N–C) groups is 1. The van der Waals surface area contributed by atoms with E-state index in [0.29, 0.717) is 0 Å². The van der Waals surface area contributed by atoms with Crippen LogP contribution >= 0.6 is 11.8 Å². The van der Waals surface area contributed by atoms with Gasteiger partial charge in [0.25, 0.3) is 5.91 Å². The van der Waals surface area contributed by atoms with Crippen LogP contribution in [0.3, 0.4) is 0 Å². The van der Waals surface area contributed by atoms with E-state index in [4.69, 9.17) is 0 Å². The molecule has 0 saturated carbocycles. The molecule has 1 heterocycles. The molecule has 0 atom stereocenters. The summed E-state index contributed by atoms with van der Waals surface area (Å²) < 4.78 is -0.365. The SMILES string of the molecule is CCCCN(C)C1=NC(=O)C(C)(C)S1. The van der Waals surface area contributed by atoms with E-state index >= 15 is 0 Å². The van der Waals surface area contributed by atoms with Crippen molar-refractivity contribution < 1.29 is 4.79 Å². The van der Waals surface area contributed by atoms with Gasteiger partial charge < -0.3 is 4.90 Å². The van der Waals surface area contributed by atoms with Crippen molar-refractivity contribution in [2.24, 2.45) is 4.99 Å². The third kappa shape index (κ3) is 2.50. The monoisotopic (exact) mass is 214 g/mol. The third-order valence-corrected chi connectivity index (χ3v) is 3.50. The highest BCUT2D eigenvalue weighted by Crippen LogP contribution is 2.34. The van der Waals surface area contributed by atoms with Crippen LogP contribution in [0.25, 0.3) is 0 Å². The van der Waals surface area contributed by atoms with Gasteiger partial charge in [0.2, 0.25) is 0 Å². The first-order valence-corrected chi connectivity index (χ1v) is 5.82. The quantitative estimate of drug-likeness (QED) is 0.721. The second-order valence-corrected chi connectivity index (χ2v) is 5.68. The van der Waals surface area contributed by atoms with Crippen molar-refractivity contribution in [3.63, 3.8) is 0 Å². The van der Waals surface area contributed by atoms with Gasteiger partial charge in [0.05, 0.1) is 4.75 Å². The number of amides is 1. The smallest absolute Gasteiger partial charge is 0.264 e. The number of hydrogen-bond acceptors (Lipinski definition) is 3. The standard InChI is InChI=1S/C10H18N2OS/c1-5-6-7-12(4)9-11-8(13)10(2,3)14-9/h5-7H2,1-4H3. The highest BCUT2D eigenvalue weighted by atomic mass is 32.2. The fourth-order valence-corrected chi connectivity index (χ4v) is 2.14. The number of carbonyl (C=O) groups is 1. The topological polar surface area (TPSA) is 32.7 Å². The Bertz CT molecular complexity index is 261. The van der Waals surface area contributed by atoms with E-state index in [0.717, 1.165) is 18.1 Å². The summed E-state index contributed by atoms with van der Waals surface area (Å²) in [6, 6.07) is 0. The molecule has 0 unspecified atom stereocenters. The Morgan fingerprint density at radius 3 is 2.57 bits per heavy atom. The second-order valence-electron chi connectivity index (χ2n) is 4.09. The van der Waals surface area contributed by atoms with Crippen LogP contribution in [0.1, 0.15) is 33.6 Å². The molecule has 0 aromatic heterocycles. The van der Waals surface area contributed by atoms with Crippen molar-refractivity contribution in [2.75, 3.05) is 13.6 Å². The van der Waals surface area contributed by atoms with Crippen molar-refractivity contribution in [1.82, 2.24) is 4.90 Å². The molecule has 0 N–H and O–H groups in total. The molecule has 0 fully saturated rings. The van der Waals surface area contributed by atoms with E-state index in [1.807, 2.05) is 20.9 Å². The summed E-state index contributed by atoms with van der Waals surface area (Å²) in [5, 5.41) is 0.869. The molecule has 0 bridgehead atoms. The Labute approximate surface area is 90.0 Å². The molecular formula is C10H18N2OS. The zero-order chi connectivity index (χ0) is 10.8. The predicted molar refractivity (Wildman–Crippen MR) is 61.7 cm³/mol. The van der Waals surface area contributed by atoms with Crippen LogP contribution in [0.5, 0.6) is 0 Å². The van der Waals surface area contributed by atoms with Gasteiger partial charge in [-0.15, -0.1) is 0 Å². The lowest BCUT2D eigenvalue weighted by molar-refractivity contribution is -0.119. The van der Waals surface area contributed by atoms with Crippen LogP contribution in [-0.2, 0) is 4.79 Å². The Balaban J connectivity index is 2.55. The highest BCUT2D eigenvalue weighted by Gasteiger charge is 2.37. The Morgan fingerprint density at radius 1 is 1.50 bits per heavy atom. The maximum atomic E-state index is 11.4. The van der Waals surface area contributed by atoms with Gasteiger partial charge in [-0.25, -0.2) is 0 Å². The fourth-order valence-electron chi connectivity index (χ4n) is 1.17. The van der Waals surface area contributed by atoms with E-state index in [2.05, 4.69) is 16.8 Å². The zero-order valence-electron chi connectivity index (χ0n) is 9.33. The lowest BCUT2D eigenvalue weighted by atomic mass is 10.2. The number of rotatable bonds is 3. The van der Waals surface area contributed by atoms with Gasteiger partial charge in [-0.05, 0) is 20.3 Å². The number of hydrogen-bond donors (Lipinski definition) is 0. The molecule has 3 nitrogen and oxygen atoms in total. The number of amidine groups is 1. The van der Waals surface area contributed by atoms with Gasteiger partial charge in [0.15, 0.2) is 5.17 Å². The number of unbranched alkanes of at least 4 members (excludes halogenated alkanes) is 1. The molecule has 1 amide bonds. The van der Waals surface area contributed by atoms with Gasteiger partial charge in [-0.3, -0.25) is 4.79 Å². The largest absolute Gasteiger partial charge is 0.354 e. The molecule has 0 spiro atoms. The maximum Gasteiger partial charge on any atom is 0.264 e. The van der Waals surface area contributed by atoms with Gasteiger partial charge in [0.1, 0.15) is 0 Å². The lowest BCUT2D eigenvalue weighted by Gasteiger charge is -2.19. The van der Waals surface area contributed by atoms with E-state index in [9.17, 15) is 4.79 Å². The summed E-state index contributed by atoms with van der Waals surface area (Å²) in [6.07, 6.45) is 2.31. The van der Waals surface area contributed by atoms with Gasteiger partial charge in [0, 0.05) is 13.6 Å². The molecule has 1 aliphatic heterocycles. The van der Waals surface area contributed by atoms with Crippen molar-refractivity contribution in [1.29, 1.82) is 0 Å². The van der Waals surface area contributed by atoms with Crippen molar-refractivity contribution in [2.45, 2.75) is 38.4 Å². The minimum atomic E-state index is -0.365. The minimum Gasteiger partial charge on any atom is -0.354 e. The van der Waals surface area contributed by atoms with Crippen LogP contribution < -0.4 is 0 Å². The normalized spacial score (nSPS) is 19.7. The van der Waals surface area contributed by atoms with E-state index in [1.165, 1.54) is 6.42 Å².